The van der Waals surface area contributed by atoms with Crippen molar-refractivity contribution in [1.29, 1.82) is 0 Å². The first-order valence-electron chi connectivity index (χ1n) is 6.29. The molecule has 0 spiro atoms. The number of hydrogen-bond donors (Lipinski definition) is 1. The minimum atomic E-state index is -0.343. The van der Waals surface area contributed by atoms with E-state index in [0.29, 0.717) is 42.9 Å². The van der Waals surface area contributed by atoms with Crippen molar-refractivity contribution in [1.82, 2.24) is 10.5 Å². The van der Waals surface area contributed by atoms with Crippen LogP contribution in [0.25, 0.3) is 0 Å². The number of esters is 1. The highest BCUT2D eigenvalue weighted by molar-refractivity contribution is 5.92. The summed E-state index contributed by atoms with van der Waals surface area (Å²) in [4.78, 5) is 12.0. The van der Waals surface area contributed by atoms with E-state index in [1.54, 1.807) is 6.92 Å². The summed E-state index contributed by atoms with van der Waals surface area (Å²) in [5.74, 6) is 0.662. The molecule has 1 aliphatic carbocycles. The van der Waals surface area contributed by atoms with Gasteiger partial charge >= 0.3 is 5.97 Å². The van der Waals surface area contributed by atoms with Gasteiger partial charge in [0.1, 0.15) is 11.3 Å². The van der Waals surface area contributed by atoms with E-state index in [-0.39, 0.29) is 12.0 Å². The Balaban J connectivity index is 1.94. The van der Waals surface area contributed by atoms with Crippen LogP contribution in [0.3, 0.4) is 0 Å². The lowest BCUT2D eigenvalue weighted by Crippen LogP contribution is -2.19. The van der Waals surface area contributed by atoms with Crippen molar-refractivity contribution in [2.45, 2.75) is 31.7 Å². The molecule has 1 unspecified atom stereocenters. The average molecular weight is 252 g/mol. The molecule has 1 atom stereocenters. The van der Waals surface area contributed by atoms with Crippen LogP contribution in [-0.2, 0) is 9.47 Å². The van der Waals surface area contributed by atoms with Gasteiger partial charge in [-0.15, -0.1) is 0 Å². The van der Waals surface area contributed by atoms with Crippen LogP contribution in [0, 0.1) is 0 Å². The van der Waals surface area contributed by atoms with Gasteiger partial charge in [-0.2, -0.15) is 0 Å². The van der Waals surface area contributed by atoms with Crippen LogP contribution >= 0.6 is 0 Å². The second-order valence-corrected chi connectivity index (χ2v) is 4.57. The molecule has 98 valence electrons. The van der Waals surface area contributed by atoms with Crippen molar-refractivity contribution in [2.24, 2.45) is 0 Å². The van der Waals surface area contributed by atoms with Crippen LogP contribution in [0.4, 0.5) is 0 Å². The lowest BCUT2D eigenvalue weighted by molar-refractivity contribution is 0.0522. The first-order valence-corrected chi connectivity index (χ1v) is 6.29. The number of ether oxygens (including phenoxy) is 2. The highest BCUT2D eigenvalue weighted by Gasteiger charge is 2.38. The molecular weight excluding hydrogens is 236 g/mol. The molecule has 0 aromatic carbocycles. The van der Waals surface area contributed by atoms with E-state index in [4.69, 9.17) is 14.0 Å². The van der Waals surface area contributed by atoms with Crippen molar-refractivity contribution >= 4 is 5.97 Å². The number of nitrogens with zero attached hydrogens (tertiary/aromatic N) is 1. The molecule has 1 aliphatic heterocycles. The molecule has 0 amide bonds. The van der Waals surface area contributed by atoms with Gasteiger partial charge in [0, 0.05) is 5.92 Å². The van der Waals surface area contributed by atoms with Crippen molar-refractivity contribution in [3.8, 4) is 0 Å². The Kier molecular flexibility index (Phi) is 3.05. The van der Waals surface area contributed by atoms with E-state index in [9.17, 15) is 4.79 Å². The van der Waals surface area contributed by atoms with Crippen LogP contribution in [0.15, 0.2) is 4.52 Å². The Morgan fingerprint density at radius 1 is 1.56 bits per heavy atom. The molecule has 6 nitrogen and oxygen atoms in total. The van der Waals surface area contributed by atoms with Crippen LogP contribution in [0.1, 0.15) is 53.5 Å². The minimum absolute atomic E-state index is 0.0827. The maximum absolute atomic E-state index is 12.0. The number of aromatic nitrogens is 1. The third kappa shape index (κ3) is 2.02. The fraction of sp³-hybridized carbons (Fsp3) is 0.667. The molecule has 0 bridgehead atoms. The SMILES string of the molecule is CCOC(=O)c1c(C2COCN2)noc1C1CC1. The fourth-order valence-electron chi connectivity index (χ4n) is 2.16. The van der Waals surface area contributed by atoms with E-state index in [1.807, 2.05) is 0 Å². The number of hydrogen-bond acceptors (Lipinski definition) is 6. The Labute approximate surface area is 105 Å². The Hall–Kier alpha value is -1.40. The van der Waals surface area contributed by atoms with E-state index in [1.165, 1.54) is 0 Å². The second kappa shape index (κ2) is 4.70. The number of nitrogens with one attached hydrogen (secondary N) is 1. The predicted molar refractivity (Wildman–Crippen MR) is 61.1 cm³/mol. The van der Waals surface area contributed by atoms with Crippen LogP contribution in [-0.4, -0.2) is 31.1 Å². The number of carbonyl (C=O) groups excluding carboxylic acids is 1. The molecule has 3 rings (SSSR count). The highest BCUT2D eigenvalue weighted by atomic mass is 16.5. The zero-order valence-corrected chi connectivity index (χ0v) is 10.3. The molecule has 18 heavy (non-hydrogen) atoms. The van der Waals surface area contributed by atoms with Gasteiger partial charge in [-0.25, -0.2) is 4.79 Å². The zero-order valence-electron chi connectivity index (χ0n) is 10.3. The maximum atomic E-state index is 12.0. The third-order valence-electron chi connectivity index (χ3n) is 3.22. The summed E-state index contributed by atoms with van der Waals surface area (Å²) in [6, 6.07) is -0.0827. The first-order chi connectivity index (χ1) is 8.81. The highest BCUT2D eigenvalue weighted by Crippen LogP contribution is 2.43. The molecule has 2 fully saturated rings. The number of carbonyl (C=O) groups is 1. The molecule has 6 heteroatoms. The average Bonchev–Trinajstić information content (AvgIpc) is 2.92. The van der Waals surface area contributed by atoms with Crippen molar-refractivity contribution in [2.75, 3.05) is 19.9 Å². The van der Waals surface area contributed by atoms with Gasteiger partial charge in [-0.1, -0.05) is 5.16 Å². The maximum Gasteiger partial charge on any atom is 0.343 e. The normalized spacial score (nSPS) is 23.3. The van der Waals surface area contributed by atoms with E-state index in [0.717, 1.165) is 12.8 Å². The summed E-state index contributed by atoms with van der Waals surface area (Å²) < 4.78 is 15.7. The zero-order chi connectivity index (χ0) is 12.5. The summed E-state index contributed by atoms with van der Waals surface area (Å²) in [5.41, 5.74) is 1.12. The van der Waals surface area contributed by atoms with E-state index < -0.39 is 0 Å². The molecule has 2 aliphatic rings. The van der Waals surface area contributed by atoms with Gasteiger partial charge in [-0.3, -0.25) is 5.32 Å². The van der Waals surface area contributed by atoms with Crippen LogP contribution in [0.2, 0.25) is 0 Å². The summed E-state index contributed by atoms with van der Waals surface area (Å²) >= 11 is 0. The summed E-state index contributed by atoms with van der Waals surface area (Å²) in [6.45, 7) is 3.11. The second-order valence-electron chi connectivity index (χ2n) is 4.57. The smallest absolute Gasteiger partial charge is 0.343 e. The Bertz CT molecular complexity index is 447. The lowest BCUT2D eigenvalue weighted by atomic mass is 10.1. The molecule has 1 saturated heterocycles. The summed E-state index contributed by atoms with van der Waals surface area (Å²) in [5, 5.41) is 7.17. The summed E-state index contributed by atoms with van der Waals surface area (Å²) in [7, 11) is 0. The minimum Gasteiger partial charge on any atom is -0.462 e. The molecule has 1 aromatic heterocycles. The van der Waals surface area contributed by atoms with Gasteiger partial charge in [0.05, 0.1) is 26.0 Å². The molecule has 1 N–H and O–H groups in total. The van der Waals surface area contributed by atoms with Gasteiger partial charge in [-0.05, 0) is 19.8 Å². The predicted octanol–water partition coefficient (Wildman–Crippen LogP) is 1.35. The fourth-order valence-corrected chi connectivity index (χ4v) is 2.16. The molecule has 1 saturated carbocycles. The largest absolute Gasteiger partial charge is 0.462 e. The molecular formula is C12H16N2O4. The van der Waals surface area contributed by atoms with Gasteiger partial charge in [0.25, 0.3) is 0 Å². The molecule has 0 radical (unpaired) electrons. The van der Waals surface area contributed by atoms with Crippen LogP contribution in [0.5, 0.6) is 0 Å². The third-order valence-corrected chi connectivity index (χ3v) is 3.22. The van der Waals surface area contributed by atoms with Gasteiger partial charge in [0.2, 0.25) is 0 Å². The topological polar surface area (TPSA) is 73.6 Å². The van der Waals surface area contributed by atoms with Crippen molar-refractivity contribution < 1.29 is 18.8 Å². The molecule has 1 aromatic rings. The van der Waals surface area contributed by atoms with E-state index in [2.05, 4.69) is 10.5 Å². The molecule has 2 heterocycles. The van der Waals surface area contributed by atoms with E-state index >= 15 is 0 Å². The van der Waals surface area contributed by atoms with Crippen LogP contribution < -0.4 is 5.32 Å². The van der Waals surface area contributed by atoms with Crippen molar-refractivity contribution in [3.63, 3.8) is 0 Å². The first kappa shape index (κ1) is 11.7. The lowest BCUT2D eigenvalue weighted by Gasteiger charge is -2.07. The summed E-state index contributed by atoms with van der Waals surface area (Å²) in [6.07, 6.45) is 2.10. The Morgan fingerprint density at radius 2 is 2.39 bits per heavy atom. The standard InChI is InChI=1S/C12H16N2O4/c1-2-17-12(15)9-10(8-5-16-6-13-8)14-18-11(9)7-3-4-7/h7-8,13H,2-6H2,1H3. The van der Waals surface area contributed by atoms with Crippen molar-refractivity contribution in [3.05, 3.63) is 17.0 Å². The monoisotopic (exact) mass is 252 g/mol. The number of rotatable bonds is 4. The van der Waals surface area contributed by atoms with Gasteiger partial charge < -0.3 is 14.0 Å². The van der Waals surface area contributed by atoms with Gasteiger partial charge in [0.15, 0.2) is 5.76 Å². The Morgan fingerprint density at radius 3 is 3.00 bits per heavy atom. The quantitative estimate of drug-likeness (QED) is 0.815.